The maximum atomic E-state index is 5.88. The highest BCUT2D eigenvalue weighted by atomic mass is 35.5. The summed E-state index contributed by atoms with van der Waals surface area (Å²) in [6, 6.07) is 7.85. The monoisotopic (exact) mass is 315 g/mol. The molecular formula is C16H14ClN3S. The van der Waals surface area contributed by atoms with Crippen LogP contribution in [-0.2, 0) is 6.42 Å². The number of aliphatic imine (C=N–C) groups is 2. The van der Waals surface area contributed by atoms with E-state index in [9.17, 15) is 0 Å². The van der Waals surface area contributed by atoms with Crippen LogP contribution >= 0.6 is 23.8 Å². The van der Waals surface area contributed by atoms with Crippen molar-refractivity contribution in [2.75, 3.05) is 6.54 Å². The molecule has 1 aromatic carbocycles. The normalized spacial score (nSPS) is 22.0. The fourth-order valence-corrected chi connectivity index (χ4v) is 2.63. The molecule has 1 unspecified atom stereocenters. The van der Waals surface area contributed by atoms with Gasteiger partial charge >= 0.3 is 0 Å². The largest absolute Gasteiger partial charge is 0.319 e. The van der Waals surface area contributed by atoms with Gasteiger partial charge in [-0.2, -0.15) is 0 Å². The molecule has 1 heterocycles. The van der Waals surface area contributed by atoms with Crippen LogP contribution in [0.25, 0.3) is 0 Å². The molecule has 21 heavy (non-hydrogen) atoms. The number of amidine groups is 1. The molecule has 0 aromatic heterocycles. The molecule has 3 rings (SSSR count). The topological polar surface area (TPSA) is 36.8 Å². The fraction of sp³-hybridized carbons (Fsp3) is 0.188. The number of rotatable bonds is 3. The molecule has 1 aliphatic heterocycles. The molecule has 0 fully saturated rings. The molecule has 0 saturated carbocycles. The zero-order valence-electron chi connectivity index (χ0n) is 11.3. The molecule has 1 atom stereocenters. The minimum atomic E-state index is 0.0897. The lowest BCUT2D eigenvalue weighted by molar-refractivity contribution is 0.935. The van der Waals surface area contributed by atoms with Crippen molar-refractivity contribution < 1.29 is 0 Å². The second-order valence-electron chi connectivity index (χ2n) is 4.83. The van der Waals surface area contributed by atoms with E-state index in [1.54, 1.807) is 0 Å². The summed E-state index contributed by atoms with van der Waals surface area (Å²) in [5, 5.41) is 4.33. The molecule has 1 aliphatic carbocycles. The van der Waals surface area contributed by atoms with Crippen LogP contribution in [0, 0.1) is 5.92 Å². The first-order chi connectivity index (χ1) is 10.2. The quantitative estimate of drug-likeness (QED) is 0.868. The van der Waals surface area contributed by atoms with Gasteiger partial charge in [-0.25, -0.2) is 4.99 Å². The molecule has 0 amide bonds. The van der Waals surface area contributed by atoms with Crippen LogP contribution in [0.2, 0.25) is 5.02 Å². The lowest BCUT2D eigenvalue weighted by atomic mass is 9.96. The number of benzene rings is 1. The molecule has 2 aliphatic rings. The summed E-state index contributed by atoms with van der Waals surface area (Å²) in [7, 11) is 0. The first-order valence-corrected chi connectivity index (χ1v) is 7.54. The van der Waals surface area contributed by atoms with E-state index >= 15 is 0 Å². The van der Waals surface area contributed by atoms with E-state index in [1.165, 1.54) is 5.56 Å². The van der Waals surface area contributed by atoms with Gasteiger partial charge in [0.1, 0.15) is 5.84 Å². The number of thiocarbonyl (C=S) groups is 1. The maximum absolute atomic E-state index is 5.88. The van der Waals surface area contributed by atoms with E-state index in [4.69, 9.17) is 23.8 Å². The Morgan fingerprint density at radius 2 is 2.05 bits per heavy atom. The highest BCUT2D eigenvalue weighted by Gasteiger charge is 2.24. The molecule has 106 valence electrons. The molecule has 0 spiro atoms. The maximum Gasteiger partial charge on any atom is 0.198 e. The number of nitrogens with one attached hydrogen (secondary N) is 1. The molecule has 3 nitrogen and oxygen atoms in total. The van der Waals surface area contributed by atoms with Gasteiger partial charge in [0, 0.05) is 11.6 Å². The van der Waals surface area contributed by atoms with Crippen molar-refractivity contribution in [3.8, 4) is 0 Å². The third-order valence-corrected chi connectivity index (χ3v) is 3.80. The van der Waals surface area contributed by atoms with E-state index in [-0.39, 0.29) is 5.92 Å². The average Bonchev–Trinajstić information content (AvgIpc) is 2.49. The van der Waals surface area contributed by atoms with Gasteiger partial charge in [0.15, 0.2) is 5.11 Å². The predicted molar refractivity (Wildman–Crippen MR) is 92.4 cm³/mol. The number of hydrogen-bond donors (Lipinski definition) is 1. The number of halogens is 1. The van der Waals surface area contributed by atoms with Gasteiger partial charge < -0.3 is 5.32 Å². The van der Waals surface area contributed by atoms with Crippen molar-refractivity contribution in [2.24, 2.45) is 15.9 Å². The van der Waals surface area contributed by atoms with E-state index in [0.29, 0.717) is 11.7 Å². The Morgan fingerprint density at radius 3 is 2.86 bits per heavy atom. The second-order valence-corrected chi connectivity index (χ2v) is 5.66. The summed E-state index contributed by atoms with van der Waals surface area (Å²) in [6.07, 6.45) is 8.90. The molecule has 1 aromatic rings. The minimum absolute atomic E-state index is 0.0897. The van der Waals surface area contributed by atoms with Gasteiger partial charge in [0.05, 0.1) is 11.6 Å². The summed E-state index contributed by atoms with van der Waals surface area (Å²) in [4.78, 5) is 8.99. The second kappa shape index (κ2) is 6.33. The van der Waals surface area contributed by atoms with E-state index < -0.39 is 0 Å². The van der Waals surface area contributed by atoms with Crippen LogP contribution in [0.1, 0.15) is 5.56 Å². The smallest absolute Gasteiger partial charge is 0.198 e. The lowest BCUT2D eigenvalue weighted by Gasteiger charge is -2.24. The third-order valence-electron chi connectivity index (χ3n) is 3.36. The van der Waals surface area contributed by atoms with Crippen molar-refractivity contribution in [2.45, 2.75) is 6.42 Å². The Hall–Kier alpha value is -1.78. The first-order valence-electron chi connectivity index (χ1n) is 6.75. The standard InChI is InChI=1S/C16H14ClN3S/c17-12-7-5-11(6-8-12)9-10-18-15-13-3-1-2-4-14(13)19-16(21)20-15/h1-8,13H,9-10H2,(H,18,20,21). The Kier molecular flexibility index (Phi) is 4.27. The van der Waals surface area contributed by atoms with Crippen LogP contribution in [0.4, 0.5) is 0 Å². The highest BCUT2D eigenvalue weighted by molar-refractivity contribution is 7.80. The number of allylic oxidation sites excluding steroid dienone is 3. The van der Waals surface area contributed by atoms with E-state index in [0.717, 1.165) is 23.0 Å². The van der Waals surface area contributed by atoms with Crippen molar-refractivity contribution in [1.82, 2.24) is 5.32 Å². The van der Waals surface area contributed by atoms with Crippen LogP contribution < -0.4 is 5.32 Å². The van der Waals surface area contributed by atoms with Gasteiger partial charge in [-0.15, -0.1) is 0 Å². The summed E-state index contributed by atoms with van der Waals surface area (Å²) >= 11 is 11.0. The van der Waals surface area contributed by atoms with Crippen molar-refractivity contribution in [3.05, 3.63) is 59.2 Å². The van der Waals surface area contributed by atoms with Crippen LogP contribution in [0.5, 0.6) is 0 Å². The van der Waals surface area contributed by atoms with E-state index in [2.05, 4.69) is 21.4 Å². The van der Waals surface area contributed by atoms with Crippen LogP contribution in [0.15, 0.2) is 58.6 Å². The van der Waals surface area contributed by atoms with Gasteiger partial charge in [-0.1, -0.05) is 42.0 Å². The number of fused-ring (bicyclic) bond motifs is 1. The van der Waals surface area contributed by atoms with Gasteiger partial charge in [0.25, 0.3) is 0 Å². The zero-order chi connectivity index (χ0) is 14.7. The summed E-state index contributed by atoms with van der Waals surface area (Å²) in [6.45, 7) is 0.702. The summed E-state index contributed by atoms with van der Waals surface area (Å²) < 4.78 is 0. The third kappa shape index (κ3) is 3.46. The number of hydrogen-bond acceptors (Lipinski definition) is 2. The molecule has 0 saturated heterocycles. The van der Waals surface area contributed by atoms with Crippen molar-refractivity contribution in [1.29, 1.82) is 0 Å². The van der Waals surface area contributed by atoms with E-state index in [1.807, 2.05) is 42.5 Å². The molecule has 5 heteroatoms. The zero-order valence-corrected chi connectivity index (χ0v) is 12.9. The Labute approximate surface area is 134 Å². The molecule has 0 bridgehead atoms. The van der Waals surface area contributed by atoms with Gasteiger partial charge in [-0.3, -0.25) is 4.99 Å². The Bertz CT molecular complexity index is 671. The summed E-state index contributed by atoms with van der Waals surface area (Å²) in [5.74, 6) is 0.964. The average molecular weight is 316 g/mol. The van der Waals surface area contributed by atoms with Crippen molar-refractivity contribution in [3.63, 3.8) is 0 Å². The highest BCUT2D eigenvalue weighted by Crippen LogP contribution is 2.15. The predicted octanol–water partition coefficient (Wildman–Crippen LogP) is 3.35. The first kappa shape index (κ1) is 14.2. The number of nitrogens with zero attached hydrogens (tertiary/aromatic N) is 2. The van der Waals surface area contributed by atoms with Gasteiger partial charge in [0.2, 0.25) is 0 Å². The lowest BCUT2D eigenvalue weighted by Crippen LogP contribution is -2.42. The van der Waals surface area contributed by atoms with Crippen LogP contribution in [0.3, 0.4) is 0 Å². The Balaban J connectivity index is 1.69. The molecular weight excluding hydrogens is 302 g/mol. The molecule has 1 N–H and O–H groups in total. The van der Waals surface area contributed by atoms with Gasteiger partial charge in [-0.05, 0) is 42.4 Å². The minimum Gasteiger partial charge on any atom is -0.319 e. The fourth-order valence-electron chi connectivity index (χ4n) is 2.30. The molecule has 0 radical (unpaired) electrons. The SMILES string of the molecule is S=C1N=C2C=CC=CC2C(=NCCc2ccc(Cl)cc2)N1. The summed E-state index contributed by atoms with van der Waals surface area (Å²) in [5.41, 5.74) is 2.17. The van der Waals surface area contributed by atoms with Crippen molar-refractivity contribution >= 4 is 40.5 Å². The van der Waals surface area contributed by atoms with Crippen LogP contribution in [-0.4, -0.2) is 23.2 Å². The Morgan fingerprint density at radius 1 is 1.24 bits per heavy atom.